The molecule has 108 valence electrons. The van der Waals surface area contributed by atoms with Crippen molar-refractivity contribution in [2.24, 2.45) is 0 Å². The van der Waals surface area contributed by atoms with Crippen LogP contribution in [0.5, 0.6) is 0 Å². The molecular weight excluding hydrogens is 274 g/mol. The Bertz CT molecular complexity index is 683. The van der Waals surface area contributed by atoms with Gasteiger partial charge in [0.25, 0.3) is 11.8 Å². The number of nitrogens with zero attached hydrogens (tertiary/aromatic N) is 1. The Kier molecular flexibility index (Phi) is 2.47. The molecule has 3 heterocycles. The maximum absolute atomic E-state index is 12.5. The van der Waals surface area contributed by atoms with E-state index < -0.39 is 11.9 Å². The first-order valence-electron chi connectivity index (χ1n) is 6.97. The monoisotopic (exact) mass is 287 g/mol. The summed E-state index contributed by atoms with van der Waals surface area (Å²) in [6.07, 6.45) is 2.59. The van der Waals surface area contributed by atoms with Gasteiger partial charge in [-0.1, -0.05) is 0 Å². The summed E-state index contributed by atoms with van der Waals surface area (Å²) in [7, 11) is 0. The van der Waals surface area contributed by atoms with Crippen LogP contribution in [0, 0.1) is 0 Å². The molecule has 3 aliphatic heterocycles. The van der Waals surface area contributed by atoms with Gasteiger partial charge < -0.3 is 9.84 Å². The highest BCUT2D eigenvalue weighted by Gasteiger charge is 2.50. The topological polar surface area (TPSA) is 83.9 Å². The molecule has 1 aromatic carbocycles. The fourth-order valence-electron chi connectivity index (χ4n) is 3.58. The number of hydrogen-bond acceptors (Lipinski definition) is 4. The summed E-state index contributed by atoms with van der Waals surface area (Å²) in [4.78, 5) is 37.2. The summed E-state index contributed by atoms with van der Waals surface area (Å²) in [5, 5.41) is 9.00. The van der Waals surface area contributed by atoms with Crippen molar-refractivity contribution < 1.29 is 24.2 Å². The second kappa shape index (κ2) is 4.14. The number of ether oxygens (including phenoxy) is 1. The van der Waals surface area contributed by atoms with Crippen LogP contribution in [0.3, 0.4) is 0 Å². The Morgan fingerprint density at radius 2 is 1.95 bits per heavy atom. The molecule has 0 aliphatic carbocycles. The summed E-state index contributed by atoms with van der Waals surface area (Å²) in [5.41, 5.74) is 0.483. The molecule has 0 radical (unpaired) electrons. The molecule has 21 heavy (non-hydrogen) atoms. The highest BCUT2D eigenvalue weighted by Crippen LogP contribution is 2.40. The van der Waals surface area contributed by atoms with Crippen LogP contribution >= 0.6 is 0 Å². The molecule has 3 aliphatic rings. The van der Waals surface area contributed by atoms with Crippen molar-refractivity contribution in [1.82, 2.24) is 4.90 Å². The van der Waals surface area contributed by atoms with Gasteiger partial charge in [0.1, 0.15) is 0 Å². The van der Waals surface area contributed by atoms with Crippen LogP contribution in [0.1, 0.15) is 50.3 Å². The smallest absolute Gasteiger partial charge is 0.335 e. The highest BCUT2D eigenvalue weighted by molar-refractivity contribution is 6.22. The zero-order chi connectivity index (χ0) is 14.7. The quantitative estimate of drug-likeness (QED) is 0.829. The van der Waals surface area contributed by atoms with E-state index in [9.17, 15) is 14.4 Å². The second-order valence-corrected chi connectivity index (χ2v) is 5.72. The van der Waals surface area contributed by atoms with Gasteiger partial charge >= 0.3 is 5.97 Å². The lowest BCUT2D eigenvalue weighted by Gasteiger charge is -2.27. The number of rotatable bonds is 2. The number of fused-ring (bicyclic) bond motifs is 3. The first kappa shape index (κ1) is 12.5. The predicted molar refractivity (Wildman–Crippen MR) is 70.2 cm³/mol. The third-order valence-corrected chi connectivity index (χ3v) is 4.57. The molecule has 0 spiro atoms. The van der Waals surface area contributed by atoms with Gasteiger partial charge in [0, 0.05) is 0 Å². The van der Waals surface area contributed by atoms with E-state index in [1.807, 2.05) is 0 Å². The first-order chi connectivity index (χ1) is 10.1. The lowest BCUT2D eigenvalue weighted by Crippen LogP contribution is -2.45. The number of carbonyl (C=O) groups excluding carboxylic acids is 2. The summed E-state index contributed by atoms with van der Waals surface area (Å²) >= 11 is 0. The van der Waals surface area contributed by atoms with Crippen LogP contribution in [-0.4, -0.2) is 46.0 Å². The number of benzene rings is 1. The van der Waals surface area contributed by atoms with Gasteiger partial charge in [0.15, 0.2) is 0 Å². The van der Waals surface area contributed by atoms with Crippen LogP contribution < -0.4 is 0 Å². The molecule has 2 amide bonds. The summed E-state index contributed by atoms with van der Waals surface area (Å²) < 4.78 is 5.71. The number of carboxylic acids is 1. The van der Waals surface area contributed by atoms with E-state index in [2.05, 4.69) is 0 Å². The molecule has 6 heteroatoms. The molecule has 3 unspecified atom stereocenters. The molecule has 6 nitrogen and oxygen atoms in total. The summed E-state index contributed by atoms with van der Waals surface area (Å²) in [6.45, 7) is 0. The number of carbonyl (C=O) groups is 3. The van der Waals surface area contributed by atoms with Gasteiger partial charge in [-0.2, -0.15) is 0 Å². The second-order valence-electron chi connectivity index (χ2n) is 5.72. The van der Waals surface area contributed by atoms with Gasteiger partial charge in [-0.25, -0.2) is 4.79 Å². The Morgan fingerprint density at radius 3 is 2.57 bits per heavy atom. The Morgan fingerprint density at radius 1 is 1.19 bits per heavy atom. The van der Waals surface area contributed by atoms with Crippen molar-refractivity contribution in [3.8, 4) is 0 Å². The van der Waals surface area contributed by atoms with Gasteiger partial charge in [-0.15, -0.1) is 0 Å². The first-order valence-corrected chi connectivity index (χ1v) is 6.97. The van der Waals surface area contributed by atoms with Crippen molar-refractivity contribution in [3.63, 3.8) is 0 Å². The lowest BCUT2D eigenvalue weighted by atomic mass is 9.94. The van der Waals surface area contributed by atoms with Crippen molar-refractivity contribution >= 4 is 17.8 Å². The average Bonchev–Trinajstić information content (AvgIpc) is 3.14. The van der Waals surface area contributed by atoms with E-state index in [-0.39, 0.29) is 40.8 Å². The summed E-state index contributed by atoms with van der Waals surface area (Å²) in [5.74, 6) is -1.85. The standard InChI is InChI=1S/C15H13NO5/c17-13-9-3-1-7(15(19)20)5-10(9)14(18)16(13)11-6-8-2-4-12(11)21-8/h1,3,5,8,11-12H,2,4,6H2,(H,19,20). The third kappa shape index (κ3) is 1.65. The van der Waals surface area contributed by atoms with E-state index >= 15 is 0 Å². The van der Waals surface area contributed by atoms with Crippen LogP contribution in [0.2, 0.25) is 0 Å². The van der Waals surface area contributed by atoms with E-state index in [1.54, 1.807) is 0 Å². The maximum atomic E-state index is 12.5. The zero-order valence-electron chi connectivity index (χ0n) is 11.1. The average molecular weight is 287 g/mol. The summed E-state index contributed by atoms with van der Waals surface area (Å²) in [6, 6.07) is 3.84. The van der Waals surface area contributed by atoms with E-state index in [1.165, 1.54) is 23.1 Å². The van der Waals surface area contributed by atoms with E-state index in [0.717, 1.165) is 12.8 Å². The SMILES string of the molecule is O=C(O)c1ccc2c(c1)C(=O)N(C1CC3CCC1O3)C2=O. The van der Waals surface area contributed by atoms with Crippen LogP contribution in [-0.2, 0) is 4.74 Å². The van der Waals surface area contributed by atoms with Crippen molar-refractivity contribution in [1.29, 1.82) is 0 Å². The van der Waals surface area contributed by atoms with E-state index in [0.29, 0.717) is 6.42 Å². The molecule has 2 bridgehead atoms. The molecule has 4 rings (SSSR count). The number of imide groups is 1. The minimum Gasteiger partial charge on any atom is -0.478 e. The van der Waals surface area contributed by atoms with Gasteiger partial charge in [0.05, 0.1) is 34.9 Å². The number of aromatic carboxylic acids is 1. The Labute approximate surface area is 120 Å². The Balaban J connectivity index is 1.72. The fraction of sp³-hybridized carbons (Fsp3) is 0.400. The molecular formula is C15H13NO5. The highest BCUT2D eigenvalue weighted by atomic mass is 16.5. The van der Waals surface area contributed by atoms with Gasteiger partial charge in [-0.05, 0) is 37.5 Å². The van der Waals surface area contributed by atoms with Crippen LogP contribution in [0.15, 0.2) is 18.2 Å². The number of hydrogen-bond donors (Lipinski definition) is 1. The Hall–Kier alpha value is -2.21. The van der Waals surface area contributed by atoms with E-state index in [4.69, 9.17) is 9.84 Å². The van der Waals surface area contributed by atoms with Crippen LogP contribution in [0.4, 0.5) is 0 Å². The lowest BCUT2D eigenvalue weighted by molar-refractivity contribution is 0.0451. The third-order valence-electron chi connectivity index (χ3n) is 4.57. The molecule has 1 N–H and O–H groups in total. The minimum absolute atomic E-state index is 0.0148. The van der Waals surface area contributed by atoms with Crippen molar-refractivity contribution in [2.75, 3.05) is 0 Å². The molecule has 2 fully saturated rings. The normalized spacial score (nSPS) is 30.1. The number of amides is 2. The molecule has 3 atom stereocenters. The zero-order valence-corrected chi connectivity index (χ0v) is 11.1. The van der Waals surface area contributed by atoms with Gasteiger partial charge in [0.2, 0.25) is 0 Å². The predicted octanol–water partition coefficient (Wildman–Crippen LogP) is 1.30. The maximum Gasteiger partial charge on any atom is 0.335 e. The van der Waals surface area contributed by atoms with Crippen molar-refractivity contribution in [3.05, 3.63) is 34.9 Å². The molecule has 1 aromatic rings. The molecule has 0 saturated carbocycles. The minimum atomic E-state index is -1.11. The van der Waals surface area contributed by atoms with Crippen LogP contribution in [0.25, 0.3) is 0 Å². The van der Waals surface area contributed by atoms with Gasteiger partial charge in [-0.3, -0.25) is 14.5 Å². The fourth-order valence-corrected chi connectivity index (χ4v) is 3.58. The molecule has 2 saturated heterocycles. The largest absolute Gasteiger partial charge is 0.478 e. The van der Waals surface area contributed by atoms with Crippen molar-refractivity contribution in [2.45, 2.75) is 37.5 Å². The number of carboxylic acid groups (broad SMARTS) is 1. The molecule has 0 aromatic heterocycles.